The van der Waals surface area contributed by atoms with Gasteiger partial charge in [0.15, 0.2) is 0 Å². The maximum absolute atomic E-state index is 11.8. The highest BCUT2D eigenvalue weighted by molar-refractivity contribution is 5.79. The monoisotopic (exact) mass is 228 g/mol. The molecule has 4 nitrogen and oxygen atoms in total. The standard InChI is InChI=1S/C12H24N2O2/c1-9(2)10(7-13)11(16)14-8-12(3-4-12)5-6-15/h9-10,15H,3-8,13H2,1-2H3,(H,14,16). The first-order valence-corrected chi connectivity index (χ1v) is 6.13. The minimum atomic E-state index is -0.0927. The molecular formula is C12H24N2O2. The smallest absolute Gasteiger partial charge is 0.224 e. The second kappa shape index (κ2) is 5.64. The fraction of sp³-hybridized carbons (Fsp3) is 0.917. The number of aliphatic hydroxyl groups is 1. The van der Waals surface area contributed by atoms with Crippen LogP contribution in [0.5, 0.6) is 0 Å². The Morgan fingerprint density at radius 3 is 2.50 bits per heavy atom. The summed E-state index contributed by atoms with van der Waals surface area (Å²) in [5.74, 6) is 0.240. The zero-order chi connectivity index (χ0) is 12.2. The van der Waals surface area contributed by atoms with E-state index in [0.29, 0.717) is 13.1 Å². The van der Waals surface area contributed by atoms with Crippen molar-refractivity contribution in [2.75, 3.05) is 19.7 Å². The normalized spacial score (nSPS) is 19.6. The van der Waals surface area contributed by atoms with Crippen LogP contribution in [-0.4, -0.2) is 30.7 Å². The summed E-state index contributed by atoms with van der Waals surface area (Å²) in [6.07, 6.45) is 3.02. The summed E-state index contributed by atoms with van der Waals surface area (Å²) in [5, 5.41) is 11.9. The molecule has 0 heterocycles. The number of nitrogens with one attached hydrogen (secondary N) is 1. The van der Waals surface area contributed by atoms with E-state index in [1.54, 1.807) is 0 Å². The summed E-state index contributed by atoms with van der Waals surface area (Å²) in [4.78, 5) is 11.8. The van der Waals surface area contributed by atoms with E-state index in [-0.39, 0.29) is 29.8 Å². The average molecular weight is 228 g/mol. The Balaban J connectivity index is 2.34. The SMILES string of the molecule is CC(C)C(CN)C(=O)NCC1(CCO)CC1. The van der Waals surface area contributed by atoms with E-state index in [1.807, 2.05) is 13.8 Å². The van der Waals surface area contributed by atoms with Crippen LogP contribution < -0.4 is 11.1 Å². The van der Waals surface area contributed by atoms with Gasteiger partial charge in [-0.15, -0.1) is 0 Å². The molecule has 0 bridgehead atoms. The van der Waals surface area contributed by atoms with Crippen molar-refractivity contribution in [3.63, 3.8) is 0 Å². The number of carbonyl (C=O) groups is 1. The molecule has 0 saturated heterocycles. The number of rotatable bonds is 7. The zero-order valence-electron chi connectivity index (χ0n) is 10.3. The van der Waals surface area contributed by atoms with Gasteiger partial charge in [0.25, 0.3) is 0 Å². The van der Waals surface area contributed by atoms with Gasteiger partial charge in [0, 0.05) is 19.7 Å². The first-order chi connectivity index (χ1) is 7.54. The summed E-state index contributed by atoms with van der Waals surface area (Å²) in [7, 11) is 0. The molecule has 1 amide bonds. The Morgan fingerprint density at radius 1 is 1.50 bits per heavy atom. The number of hydrogen-bond acceptors (Lipinski definition) is 3. The molecule has 1 rings (SSSR count). The van der Waals surface area contributed by atoms with Crippen molar-refractivity contribution in [2.24, 2.45) is 23.0 Å². The molecule has 1 unspecified atom stereocenters. The Morgan fingerprint density at radius 2 is 2.12 bits per heavy atom. The van der Waals surface area contributed by atoms with Crippen LogP contribution in [-0.2, 0) is 4.79 Å². The molecule has 0 aliphatic heterocycles. The molecule has 0 aromatic carbocycles. The highest BCUT2D eigenvalue weighted by Gasteiger charge is 2.42. The fourth-order valence-electron chi connectivity index (χ4n) is 2.02. The van der Waals surface area contributed by atoms with Gasteiger partial charge in [0.2, 0.25) is 5.91 Å². The van der Waals surface area contributed by atoms with Crippen molar-refractivity contribution in [3.8, 4) is 0 Å². The Bertz CT molecular complexity index is 237. The fourth-order valence-corrected chi connectivity index (χ4v) is 2.02. The van der Waals surface area contributed by atoms with Gasteiger partial charge in [0.05, 0.1) is 5.92 Å². The summed E-state index contributed by atoms with van der Waals surface area (Å²) in [6.45, 7) is 5.32. The molecule has 4 heteroatoms. The van der Waals surface area contributed by atoms with E-state index in [2.05, 4.69) is 5.32 Å². The van der Waals surface area contributed by atoms with Crippen LogP contribution in [0.25, 0.3) is 0 Å². The molecule has 0 radical (unpaired) electrons. The zero-order valence-corrected chi connectivity index (χ0v) is 10.3. The number of amides is 1. The Kier molecular flexibility index (Phi) is 4.74. The predicted octanol–water partition coefficient (Wildman–Crippen LogP) is 0.496. The van der Waals surface area contributed by atoms with Gasteiger partial charge in [-0.1, -0.05) is 13.8 Å². The van der Waals surface area contributed by atoms with Crippen molar-refractivity contribution in [1.29, 1.82) is 0 Å². The quantitative estimate of drug-likeness (QED) is 0.594. The molecule has 0 aromatic heterocycles. The lowest BCUT2D eigenvalue weighted by Crippen LogP contribution is -2.40. The number of aliphatic hydroxyl groups excluding tert-OH is 1. The van der Waals surface area contributed by atoms with Crippen LogP contribution in [0.3, 0.4) is 0 Å². The van der Waals surface area contributed by atoms with Crippen molar-refractivity contribution in [3.05, 3.63) is 0 Å². The van der Waals surface area contributed by atoms with Crippen LogP contribution in [0.15, 0.2) is 0 Å². The maximum atomic E-state index is 11.8. The lowest BCUT2D eigenvalue weighted by molar-refractivity contribution is -0.126. The predicted molar refractivity (Wildman–Crippen MR) is 63.8 cm³/mol. The molecule has 4 N–H and O–H groups in total. The van der Waals surface area contributed by atoms with E-state index >= 15 is 0 Å². The van der Waals surface area contributed by atoms with Gasteiger partial charge in [-0.05, 0) is 30.6 Å². The molecule has 0 spiro atoms. The second-order valence-corrected chi connectivity index (χ2v) is 5.28. The Labute approximate surface area is 97.6 Å². The van der Waals surface area contributed by atoms with Crippen molar-refractivity contribution >= 4 is 5.91 Å². The molecule has 0 aromatic rings. The first-order valence-electron chi connectivity index (χ1n) is 6.13. The molecule has 16 heavy (non-hydrogen) atoms. The van der Waals surface area contributed by atoms with Crippen LogP contribution in [0, 0.1) is 17.3 Å². The highest BCUT2D eigenvalue weighted by atomic mass is 16.3. The lowest BCUT2D eigenvalue weighted by atomic mass is 9.94. The summed E-state index contributed by atoms with van der Waals surface area (Å²) in [5.41, 5.74) is 5.77. The van der Waals surface area contributed by atoms with Crippen LogP contribution in [0.4, 0.5) is 0 Å². The van der Waals surface area contributed by atoms with Crippen molar-refractivity contribution in [1.82, 2.24) is 5.32 Å². The molecule has 1 fully saturated rings. The third-order valence-corrected chi connectivity index (χ3v) is 3.63. The van der Waals surface area contributed by atoms with Gasteiger partial charge >= 0.3 is 0 Å². The Hall–Kier alpha value is -0.610. The van der Waals surface area contributed by atoms with Gasteiger partial charge < -0.3 is 16.2 Å². The summed E-state index contributed by atoms with van der Waals surface area (Å²) in [6, 6.07) is 0. The third kappa shape index (κ3) is 3.46. The van der Waals surface area contributed by atoms with E-state index in [4.69, 9.17) is 10.8 Å². The third-order valence-electron chi connectivity index (χ3n) is 3.63. The van der Waals surface area contributed by atoms with E-state index in [0.717, 1.165) is 19.3 Å². The summed E-state index contributed by atoms with van der Waals surface area (Å²) < 4.78 is 0. The van der Waals surface area contributed by atoms with E-state index < -0.39 is 0 Å². The molecule has 94 valence electrons. The number of hydrogen-bond donors (Lipinski definition) is 3. The summed E-state index contributed by atoms with van der Waals surface area (Å²) >= 11 is 0. The van der Waals surface area contributed by atoms with Crippen molar-refractivity contribution in [2.45, 2.75) is 33.1 Å². The number of nitrogens with two attached hydrogens (primary N) is 1. The molecule has 1 aliphatic carbocycles. The maximum Gasteiger partial charge on any atom is 0.224 e. The largest absolute Gasteiger partial charge is 0.396 e. The molecule has 1 aliphatic rings. The second-order valence-electron chi connectivity index (χ2n) is 5.28. The average Bonchev–Trinajstić information content (AvgIpc) is 2.97. The molecule has 1 atom stereocenters. The van der Waals surface area contributed by atoms with Crippen LogP contribution in [0.2, 0.25) is 0 Å². The van der Waals surface area contributed by atoms with Crippen molar-refractivity contribution < 1.29 is 9.90 Å². The van der Waals surface area contributed by atoms with Gasteiger partial charge in [-0.25, -0.2) is 0 Å². The van der Waals surface area contributed by atoms with Crippen LogP contribution >= 0.6 is 0 Å². The van der Waals surface area contributed by atoms with E-state index in [9.17, 15) is 4.79 Å². The van der Waals surface area contributed by atoms with Gasteiger partial charge in [-0.2, -0.15) is 0 Å². The minimum Gasteiger partial charge on any atom is -0.396 e. The number of carbonyl (C=O) groups excluding carboxylic acids is 1. The van der Waals surface area contributed by atoms with E-state index in [1.165, 1.54) is 0 Å². The molecular weight excluding hydrogens is 204 g/mol. The van der Waals surface area contributed by atoms with Gasteiger partial charge in [0.1, 0.15) is 0 Å². The minimum absolute atomic E-state index is 0.0571. The van der Waals surface area contributed by atoms with Gasteiger partial charge in [-0.3, -0.25) is 4.79 Å². The lowest BCUT2D eigenvalue weighted by Gasteiger charge is -2.21. The highest BCUT2D eigenvalue weighted by Crippen LogP contribution is 2.47. The molecule has 1 saturated carbocycles. The topological polar surface area (TPSA) is 75.4 Å². The first kappa shape index (κ1) is 13.5. The van der Waals surface area contributed by atoms with Crippen LogP contribution in [0.1, 0.15) is 33.1 Å².